The molecule has 6 heteroatoms. The van der Waals surface area contributed by atoms with Gasteiger partial charge < -0.3 is 5.32 Å². The lowest BCUT2D eigenvalue weighted by atomic mass is 10.2. The van der Waals surface area contributed by atoms with Gasteiger partial charge in [-0.2, -0.15) is 0 Å². The molecule has 0 aromatic heterocycles. The van der Waals surface area contributed by atoms with Crippen LogP contribution in [0.15, 0.2) is 23.1 Å². The summed E-state index contributed by atoms with van der Waals surface area (Å²) in [7, 11) is -1.98. The third kappa shape index (κ3) is 3.56. The third-order valence-corrected chi connectivity index (χ3v) is 5.28. The monoisotopic (exact) mass is 300 g/mol. The summed E-state index contributed by atoms with van der Waals surface area (Å²) in [5.74, 6) is -0.366. The van der Waals surface area contributed by atoms with Gasteiger partial charge in [0, 0.05) is 31.7 Å². The van der Waals surface area contributed by atoms with Gasteiger partial charge in [0.15, 0.2) is 0 Å². The standard InChI is InChI=1S/C14H21FN2O2S/c1-3-8-17(2)20(18,19)13-6-7-14(15)11(9-13)10-16-12-4-5-12/h6-7,9,12,16H,3-5,8,10H2,1-2H3. The Hall–Kier alpha value is -0.980. The topological polar surface area (TPSA) is 49.4 Å². The average molecular weight is 300 g/mol. The molecule has 2 rings (SSSR count). The van der Waals surface area contributed by atoms with Crippen LogP contribution in [0.3, 0.4) is 0 Å². The smallest absolute Gasteiger partial charge is 0.242 e. The molecule has 1 saturated carbocycles. The molecule has 0 atom stereocenters. The predicted molar refractivity (Wildman–Crippen MR) is 76.4 cm³/mol. The van der Waals surface area contributed by atoms with Gasteiger partial charge in [-0.3, -0.25) is 0 Å². The molecule has 20 heavy (non-hydrogen) atoms. The van der Waals surface area contributed by atoms with E-state index in [4.69, 9.17) is 0 Å². The summed E-state index contributed by atoms with van der Waals surface area (Å²) in [6.07, 6.45) is 2.96. The van der Waals surface area contributed by atoms with Crippen molar-refractivity contribution >= 4 is 10.0 Å². The highest BCUT2D eigenvalue weighted by atomic mass is 32.2. The maximum atomic E-state index is 13.7. The van der Waals surface area contributed by atoms with Crippen molar-refractivity contribution in [2.24, 2.45) is 0 Å². The van der Waals surface area contributed by atoms with E-state index in [0.717, 1.165) is 19.3 Å². The number of nitrogens with one attached hydrogen (secondary N) is 1. The largest absolute Gasteiger partial charge is 0.310 e. The number of halogens is 1. The Morgan fingerprint density at radius 3 is 2.70 bits per heavy atom. The fraction of sp³-hybridized carbons (Fsp3) is 0.571. The molecule has 4 nitrogen and oxygen atoms in total. The second-order valence-corrected chi connectivity index (χ2v) is 7.28. The van der Waals surface area contributed by atoms with Gasteiger partial charge in [0.25, 0.3) is 0 Å². The Morgan fingerprint density at radius 2 is 2.10 bits per heavy atom. The number of nitrogens with zero attached hydrogens (tertiary/aromatic N) is 1. The highest BCUT2D eigenvalue weighted by molar-refractivity contribution is 7.89. The van der Waals surface area contributed by atoms with Gasteiger partial charge in [0.05, 0.1) is 4.90 Å². The lowest BCUT2D eigenvalue weighted by Gasteiger charge is -2.17. The number of hydrogen-bond acceptors (Lipinski definition) is 3. The first kappa shape index (κ1) is 15.4. The maximum Gasteiger partial charge on any atom is 0.242 e. The molecule has 0 aliphatic heterocycles. The summed E-state index contributed by atoms with van der Waals surface area (Å²) in [5.41, 5.74) is 0.405. The van der Waals surface area contributed by atoms with Gasteiger partial charge in [0.1, 0.15) is 5.82 Å². The van der Waals surface area contributed by atoms with Crippen LogP contribution < -0.4 is 5.32 Å². The van der Waals surface area contributed by atoms with Crippen molar-refractivity contribution in [2.45, 2.75) is 43.7 Å². The highest BCUT2D eigenvalue weighted by Crippen LogP contribution is 2.22. The van der Waals surface area contributed by atoms with Crippen molar-refractivity contribution in [1.29, 1.82) is 0 Å². The van der Waals surface area contributed by atoms with Gasteiger partial charge in [0.2, 0.25) is 10.0 Å². The predicted octanol–water partition coefficient (Wildman–Crippen LogP) is 2.11. The fourth-order valence-electron chi connectivity index (χ4n) is 2.00. The van der Waals surface area contributed by atoms with Gasteiger partial charge in [-0.15, -0.1) is 0 Å². The lowest BCUT2D eigenvalue weighted by molar-refractivity contribution is 0.468. The van der Waals surface area contributed by atoms with Gasteiger partial charge in [-0.25, -0.2) is 17.1 Å². The first-order valence-electron chi connectivity index (χ1n) is 6.93. The Balaban J connectivity index is 2.20. The molecule has 0 unspecified atom stereocenters. The Labute approximate surface area is 120 Å². The average Bonchev–Trinajstić information content (AvgIpc) is 3.22. The van der Waals surface area contributed by atoms with Crippen LogP contribution in [0.25, 0.3) is 0 Å². The zero-order chi connectivity index (χ0) is 14.8. The van der Waals surface area contributed by atoms with Crippen LogP contribution in [0.4, 0.5) is 4.39 Å². The Morgan fingerprint density at radius 1 is 1.40 bits per heavy atom. The molecule has 0 amide bonds. The minimum Gasteiger partial charge on any atom is -0.310 e. The molecule has 112 valence electrons. The van der Waals surface area contributed by atoms with Crippen molar-refractivity contribution in [2.75, 3.05) is 13.6 Å². The van der Waals surface area contributed by atoms with E-state index in [1.807, 2.05) is 6.92 Å². The van der Waals surface area contributed by atoms with Crippen LogP contribution in [-0.4, -0.2) is 32.4 Å². The van der Waals surface area contributed by atoms with E-state index in [-0.39, 0.29) is 10.7 Å². The second kappa shape index (κ2) is 6.20. The normalized spacial score (nSPS) is 15.8. The molecule has 1 aliphatic rings. The van der Waals surface area contributed by atoms with Crippen LogP contribution in [0.5, 0.6) is 0 Å². The minimum absolute atomic E-state index is 0.155. The first-order chi connectivity index (χ1) is 9.45. The maximum absolute atomic E-state index is 13.7. The quantitative estimate of drug-likeness (QED) is 0.839. The van der Waals surface area contributed by atoms with E-state index in [0.29, 0.717) is 24.7 Å². The van der Waals surface area contributed by atoms with E-state index in [2.05, 4.69) is 5.32 Å². The van der Waals surface area contributed by atoms with Crippen molar-refractivity contribution < 1.29 is 12.8 Å². The first-order valence-corrected chi connectivity index (χ1v) is 8.37. The van der Waals surface area contributed by atoms with E-state index in [1.165, 1.54) is 22.5 Å². The molecule has 0 saturated heterocycles. The Kier molecular flexibility index (Phi) is 4.78. The summed E-state index contributed by atoms with van der Waals surface area (Å²) in [6.45, 7) is 2.74. The molecule has 1 N–H and O–H groups in total. The Bertz CT molecular complexity index is 571. The van der Waals surface area contributed by atoms with E-state index < -0.39 is 10.0 Å². The third-order valence-electron chi connectivity index (χ3n) is 3.42. The second-order valence-electron chi connectivity index (χ2n) is 5.23. The summed E-state index contributed by atoms with van der Waals surface area (Å²) in [4.78, 5) is 0.155. The molecule has 1 aromatic rings. The van der Waals surface area contributed by atoms with E-state index in [1.54, 1.807) is 7.05 Å². The van der Waals surface area contributed by atoms with Crippen molar-refractivity contribution in [1.82, 2.24) is 9.62 Å². The number of benzene rings is 1. The molecule has 1 fully saturated rings. The molecule has 0 heterocycles. The van der Waals surface area contributed by atoms with Crippen molar-refractivity contribution in [3.05, 3.63) is 29.6 Å². The molecule has 0 bridgehead atoms. The summed E-state index contributed by atoms with van der Waals surface area (Å²) in [5, 5.41) is 3.20. The van der Waals surface area contributed by atoms with Crippen molar-refractivity contribution in [3.8, 4) is 0 Å². The van der Waals surface area contributed by atoms with E-state index in [9.17, 15) is 12.8 Å². The molecule has 1 aliphatic carbocycles. The number of sulfonamides is 1. The zero-order valence-corrected chi connectivity index (χ0v) is 12.7. The molecule has 1 aromatic carbocycles. The lowest BCUT2D eigenvalue weighted by Crippen LogP contribution is -2.28. The SMILES string of the molecule is CCCN(C)S(=O)(=O)c1ccc(F)c(CNC2CC2)c1. The minimum atomic E-state index is -3.52. The van der Waals surface area contributed by atoms with Crippen LogP contribution in [0, 0.1) is 5.82 Å². The fourth-order valence-corrected chi connectivity index (χ4v) is 3.32. The summed E-state index contributed by atoms with van der Waals surface area (Å²) in [6, 6.07) is 4.46. The summed E-state index contributed by atoms with van der Waals surface area (Å²) >= 11 is 0. The van der Waals surface area contributed by atoms with Crippen molar-refractivity contribution in [3.63, 3.8) is 0 Å². The van der Waals surface area contributed by atoms with Crippen LogP contribution in [-0.2, 0) is 16.6 Å². The van der Waals surface area contributed by atoms with Gasteiger partial charge >= 0.3 is 0 Å². The highest BCUT2D eigenvalue weighted by Gasteiger charge is 2.23. The molecular formula is C14H21FN2O2S. The number of rotatable bonds is 7. The molecular weight excluding hydrogens is 279 g/mol. The van der Waals surface area contributed by atoms with Crippen LogP contribution in [0.1, 0.15) is 31.7 Å². The van der Waals surface area contributed by atoms with Gasteiger partial charge in [-0.05, 0) is 37.5 Å². The summed E-state index contributed by atoms with van der Waals surface area (Å²) < 4.78 is 39.7. The number of hydrogen-bond donors (Lipinski definition) is 1. The molecule has 0 radical (unpaired) electrons. The van der Waals surface area contributed by atoms with Gasteiger partial charge in [-0.1, -0.05) is 6.92 Å². The van der Waals surface area contributed by atoms with Crippen LogP contribution in [0.2, 0.25) is 0 Å². The van der Waals surface area contributed by atoms with E-state index >= 15 is 0 Å². The molecule has 0 spiro atoms. The zero-order valence-electron chi connectivity index (χ0n) is 11.9. The van der Waals surface area contributed by atoms with Crippen LogP contribution >= 0.6 is 0 Å².